The second-order valence-electron chi connectivity index (χ2n) is 3.58. The number of rotatable bonds is 1. The minimum absolute atomic E-state index is 0.0209. The summed E-state index contributed by atoms with van der Waals surface area (Å²) in [6.07, 6.45) is -0.440. The lowest BCUT2D eigenvalue weighted by molar-refractivity contribution is -0.0691. The van der Waals surface area contributed by atoms with Gasteiger partial charge in [-0.15, -0.1) is 0 Å². The Morgan fingerprint density at radius 2 is 2.55 bits per heavy atom. The number of aliphatic hydroxyl groups is 1. The molecule has 2 heterocycles. The minimum Gasteiger partial charge on any atom is -0.389 e. The van der Waals surface area contributed by atoms with Gasteiger partial charge in [-0.1, -0.05) is 13.8 Å². The first-order valence-corrected chi connectivity index (χ1v) is 5.02. The number of thioether (sulfide) groups is 1. The Morgan fingerprint density at radius 1 is 1.82 bits per heavy atom. The second-order valence-corrected chi connectivity index (χ2v) is 4.75. The number of ether oxygens (including phenoxy) is 1. The maximum Gasteiger partial charge on any atom is 0.106 e. The van der Waals surface area contributed by atoms with Crippen LogP contribution in [0.5, 0.6) is 0 Å². The van der Waals surface area contributed by atoms with Crippen LogP contribution in [0.1, 0.15) is 15.2 Å². The average Bonchev–Trinajstić information content (AvgIpc) is 2.42. The smallest absolute Gasteiger partial charge is 0.106 e. The molecule has 3 heteroatoms. The molecule has 2 fully saturated rings. The topological polar surface area (TPSA) is 29.5 Å². The van der Waals surface area contributed by atoms with Crippen molar-refractivity contribution in [3.05, 3.63) is 0 Å². The predicted molar refractivity (Wildman–Crippen MR) is 45.8 cm³/mol. The molecule has 2 bridgehead atoms. The third-order valence-corrected chi connectivity index (χ3v) is 4.08. The first-order valence-electron chi connectivity index (χ1n) is 4.55. The molecule has 64 valence electrons. The molecule has 0 aromatic rings. The third kappa shape index (κ3) is 0.879. The average molecular weight is 176 g/mol. The van der Waals surface area contributed by atoms with Crippen molar-refractivity contribution in [2.75, 3.05) is 12.3 Å². The van der Waals surface area contributed by atoms with Crippen LogP contribution in [0.4, 0.5) is 0 Å². The lowest BCUT2D eigenvalue weighted by atomic mass is 9.87. The zero-order valence-electron chi connectivity index (χ0n) is 7.78. The molecule has 0 radical (unpaired) electrons. The summed E-state index contributed by atoms with van der Waals surface area (Å²) in [7, 11) is 0. The summed E-state index contributed by atoms with van der Waals surface area (Å²) in [4.78, 5) is 0. The number of hydrogen-bond donors (Lipinski definition) is 1. The summed E-state index contributed by atoms with van der Waals surface area (Å²) in [6, 6.07) is 0. The lowest BCUT2D eigenvalue weighted by Gasteiger charge is -2.31. The highest BCUT2D eigenvalue weighted by Gasteiger charge is 2.56. The van der Waals surface area contributed by atoms with Crippen molar-refractivity contribution in [1.82, 2.24) is 0 Å². The van der Waals surface area contributed by atoms with Crippen LogP contribution in [0.15, 0.2) is 0 Å². The highest BCUT2D eigenvalue weighted by Crippen LogP contribution is 2.47. The Bertz CT molecular complexity index is 199. The van der Waals surface area contributed by atoms with Gasteiger partial charge in [0.25, 0.3) is 0 Å². The van der Waals surface area contributed by atoms with Crippen LogP contribution >= 0.6 is 11.8 Å². The van der Waals surface area contributed by atoms with Crippen LogP contribution in [0.3, 0.4) is 0 Å². The van der Waals surface area contributed by atoms with Gasteiger partial charge in [0.1, 0.15) is 5.60 Å². The van der Waals surface area contributed by atoms with Gasteiger partial charge in [0.2, 0.25) is 0 Å². The van der Waals surface area contributed by atoms with Crippen LogP contribution in [-0.4, -0.2) is 34.4 Å². The first-order chi connectivity index (χ1) is 5.58. The Labute approximate surface area is 72.7 Å². The van der Waals surface area contributed by atoms with E-state index in [-0.39, 0.29) is 5.25 Å². The van der Waals surface area contributed by atoms with Gasteiger partial charge in [0.15, 0.2) is 0 Å². The Balaban J connectivity index is 2.27. The molecule has 11 heavy (non-hydrogen) atoms. The van der Waals surface area contributed by atoms with Gasteiger partial charge < -0.3 is 9.84 Å². The summed E-state index contributed by atoms with van der Waals surface area (Å²) < 4.78 is 13.1. The Kier molecular flexibility index (Phi) is 1.46. The molecular weight excluding hydrogens is 160 g/mol. The van der Waals surface area contributed by atoms with E-state index < -0.39 is 18.3 Å². The lowest BCUT2D eigenvalue weighted by Crippen LogP contribution is -2.44. The molecule has 2 saturated heterocycles. The quantitative estimate of drug-likeness (QED) is 0.643. The van der Waals surface area contributed by atoms with Crippen LogP contribution in [-0.2, 0) is 4.74 Å². The van der Waals surface area contributed by atoms with E-state index in [9.17, 15) is 5.11 Å². The Morgan fingerprint density at radius 3 is 2.82 bits per heavy atom. The van der Waals surface area contributed by atoms with E-state index in [4.69, 9.17) is 6.11 Å². The SMILES string of the molecule is [3H][C@@H]1O[C@@]2(C(C)C)CS[C@@H]1[C@@H]2O. The Hall–Kier alpha value is 0.270. The van der Waals surface area contributed by atoms with E-state index in [0.29, 0.717) is 5.92 Å². The van der Waals surface area contributed by atoms with Gasteiger partial charge in [0.05, 0.1) is 19.3 Å². The van der Waals surface area contributed by atoms with Gasteiger partial charge in [-0.25, -0.2) is 0 Å². The zero-order valence-corrected chi connectivity index (χ0v) is 7.60. The fourth-order valence-corrected chi connectivity index (χ4v) is 3.31. The van der Waals surface area contributed by atoms with E-state index in [2.05, 4.69) is 0 Å². The van der Waals surface area contributed by atoms with Crippen LogP contribution in [0, 0.1) is 5.92 Å². The van der Waals surface area contributed by atoms with Crippen molar-refractivity contribution >= 4 is 11.8 Å². The third-order valence-electron chi connectivity index (χ3n) is 2.71. The molecule has 0 amide bonds. The summed E-state index contributed by atoms with van der Waals surface area (Å²) in [6.45, 7) is 3.56. The van der Waals surface area contributed by atoms with E-state index in [1.165, 1.54) is 0 Å². The normalized spacial score (nSPS) is 57.1. The van der Waals surface area contributed by atoms with Gasteiger partial charge >= 0.3 is 0 Å². The van der Waals surface area contributed by atoms with Crippen LogP contribution in [0.2, 0.25) is 0 Å². The number of fused-ring (bicyclic) bond motifs is 2. The largest absolute Gasteiger partial charge is 0.389 e. The van der Waals surface area contributed by atoms with Crippen molar-refractivity contribution in [2.24, 2.45) is 5.92 Å². The van der Waals surface area contributed by atoms with Gasteiger partial charge in [-0.3, -0.25) is 0 Å². The molecule has 0 aromatic heterocycles. The van der Waals surface area contributed by atoms with Gasteiger partial charge in [-0.05, 0) is 5.92 Å². The van der Waals surface area contributed by atoms with Crippen LogP contribution < -0.4 is 0 Å². The van der Waals surface area contributed by atoms with Crippen molar-refractivity contribution in [3.63, 3.8) is 0 Å². The van der Waals surface area contributed by atoms with Crippen molar-refractivity contribution < 1.29 is 11.2 Å². The molecule has 0 spiro atoms. The molecule has 0 aromatic carbocycles. The number of aliphatic hydroxyl groups excluding tert-OH is 1. The van der Waals surface area contributed by atoms with Crippen LogP contribution in [0.25, 0.3) is 0 Å². The van der Waals surface area contributed by atoms with Crippen molar-refractivity contribution in [2.45, 2.75) is 30.8 Å². The monoisotopic (exact) mass is 176 g/mol. The summed E-state index contributed by atoms with van der Waals surface area (Å²) in [5.41, 5.74) is -0.429. The second kappa shape index (κ2) is 2.38. The summed E-state index contributed by atoms with van der Waals surface area (Å²) >= 11 is 1.67. The zero-order chi connectivity index (χ0) is 8.93. The number of hydrogen-bond acceptors (Lipinski definition) is 3. The van der Waals surface area contributed by atoms with Crippen molar-refractivity contribution in [1.29, 1.82) is 0 Å². The van der Waals surface area contributed by atoms with Gasteiger partial charge in [-0.2, -0.15) is 11.8 Å². The summed E-state index contributed by atoms with van der Waals surface area (Å²) in [5.74, 6) is 1.13. The van der Waals surface area contributed by atoms with Gasteiger partial charge in [0, 0.05) is 5.75 Å². The van der Waals surface area contributed by atoms with Crippen molar-refractivity contribution in [3.8, 4) is 0 Å². The molecule has 1 N–H and O–H groups in total. The van der Waals surface area contributed by atoms with E-state index in [1.54, 1.807) is 11.8 Å². The predicted octanol–water partition coefficient (Wildman–Crippen LogP) is 0.888. The molecule has 0 unspecified atom stereocenters. The first kappa shape index (κ1) is 6.75. The van der Waals surface area contributed by atoms with E-state index >= 15 is 0 Å². The highest BCUT2D eigenvalue weighted by atomic mass is 32.2. The molecule has 0 saturated carbocycles. The molecule has 2 rings (SSSR count). The van der Waals surface area contributed by atoms with E-state index in [1.807, 2.05) is 13.8 Å². The summed E-state index contributed by atoms with van der Waals surface area (Å²) in [5, 5.41) is 9.83. The minimum atomic E-state index is -0.527. The molecule has 2 nitrogen and oxygen atoms in total. The molecule has 2 aliphatic heterocycles. The standard InChI is InChI=1S/C8H14O2S/c1-5(2)8-4-11-6(3-10-8)7(8)9/h5-7,9H,3-4H2,1-2H3/t6-,7-,8+/m0/s1/i3T/t3-,6-,7-,8+. The van der Waals surface area contributed by atoms with E-state index in [0.717, 1.165) is 5.75 Å². The maximum absolute atomic E-state index is 9.85. The fraction of sp³-hybridized carbons (Fsp3) is 1.00. The molecule has 2 aliphatic rings. The molecule has 0 aliphatic carbocycles. The molecule has 4 atom stereocenters. The molecular formula is C8H14O2S. The highest BCUT2D eigenvalue weighted by molar-refractivity contribution is 8.00. The fourth-order valence-electron chi connectivity index (χ4n) is 1.74. The maximum atomic E-state index is 9.85.